The Kier molecular flexibility index (Phi) is 9.22. The molecule has 3 N–H and O–H groups in total. The van der Waals surface area contributed by atoms with Crippen molar-refractivity contribution >= 4 is 28.9 Å². The Morgan fingerprint density at radius 3 is 2.58 bits per heavy atom. The Labute approximate surface area is 155 Å². The van der Waals surface area contributed by atoms with Crippen LogP contribution in [0.1, 0.15) is 26.7 Å². The number of esters is 1. The minimum absolute atomic E-state index is 0.0739. The van der Waals surface area contributed by atoms with Crippen LogP contribution >= 0.6 is 0 Å². The lowest BCUT2D eigenvalue weighted by atomic mass is 10.2. The van der Waals surface area contributed by atoms with Gasteiger partial charge in [0, 0.05) is 31.3 Å². The molecule has 1 aromatic carbocycles. The van der Waals surface area contributed by atoms with Gasteiger partial charge in [-0.2, -0.15) is 0 Å². The third-order valence-electron chi connectivity index (χ3n) is 3.66. The number of nitrogens with zero attached hydrogens (tertiary/aromatic N) is 1. The third-order valence-corrected chi connectivity index (χ3v) is 3.66. The fourth-order valence-corrected chi connectivity index (χ4v) is 2.23. The van der Waals surface area contributed by atoms with Crippen LogP contribution in [-0.2, 0) is 19.1 Å². The Bertz CT molecular complexity index is 631. The largest absolute Gasteiger partial charge is 0.460 e. The maximum absolute atomic E-state index is 11.9. The molecule has 0 heterocycles. The maximum atomic E-state index is 11.9. The molecule has 0 aliphatic rings. The van der Waals surface area contributed by atoms with Crippen molar-refractivity contribution in [3.05, 3.63) is 30.4 Å². The number of ether oxygens (including phenoxy) is 2. The van der Waals surface area contributed by atoms with Crippen LogP contribution in [0.4, 0.5) is 17.1 Å². The molecule has 0 bridgehead atoms. The van der Waals surface area contributed by atoms with Crippen LogP contribution in [0, 0.1) is 0 Å². The molecular formula is C19H29N3O4. The van der Waals surface area contributed by atoms with Crippen molar-refractivity contribution in [1.82, 2.24) is 0 Å². The molecule has 26 heavy (non-hydrogen) atoms. The van der Waals surface area contributed by atoms with Crippen LogP contribution in [-0.4, -0.2) is 45.3 Å². The number of nitrogen functional groups attached to an aromatic ring is 1. The zero-order valence-electron chi connectivity index (χ0n) is 15.8. The van der Waals surface area contributed by atoms with E-state index < -0.39 is 5.97 Å². The van der Waals surface area contributed by atoms with Crippen molar-refractivity contribution in [3.63, 3.8) is 0 Å². The van der Waals surface area contributed by atoms with E-state index in [0.717, 1.165) is 12.1 Å². The van der Waals surface area contributed by atoms with Crippen molar-refractivity contribution in [3.8, 4) is 0 Å². The smallest absolute Gasteiger partial charge is 0.333 e. The van der Waals surface area contributed by atoms with Gasteiger partial charge in [-0.3, -0.25) is 4.79 Å². The summed E-state index contributed by atoms with van der Waals surface area (Å²) in [6.45, 7) is 8.93. The fraction of sp³-hybridized carbons (Fsp3) is 0.474. The van der Waals surface area contributed by atoms with E-state index in [1.165, 1.54) is 0 Å². The maximum Gasteiger partial charge on any atom is 0.333 e. The van der Waals surface area contributed by atoms with E-state index in [0.29, 0.717) is 43.1 Å². The van der Waals surface area contributed by atoms with Gasteiger partial charge in [-0.1, -0.05) is 13.5 Å². The molecule has 0 saturated heterocycles. The van der Waals surface area contributed by atoms with E-state index in [4.69, 9.17) is 15.2 Å². The number of nitrogens with one attached hydrogen (secondary N) is 1. The highest BCUT2D eigenvalue weighted by atomic mass is 16.5. The first-order valence-electron chi connectivity index (χ1n) is 8.64. The van der Waals surface area contributed by atoms with Crippen LogP contribution < -0.4 is 16.0 Å². The molecule has 7 nitrogen and oxygen atoms in total. The molecule has 0 saturated carbocycles. The minimum Gasteiger partial charge on any atom is -0.460 e. The summed E-state index contributed by atoms with van der Waals surface area (Å²) in [6, 6.07) is 5.43. The predicted octanol–water partition coefficient (Wildman–Crippen LogP) is 2.58. The van der Waals surface area contributed by atoms with E-state index in [1.807, 2.05) is 24.0 Å². The van der Waals surface area contributed by atoms with Gasteiger partial charge < -0.3 is 25.4 Å². The molecule has 0 atom stereocenters. The van der Waals surface area contributed by atoms with Crippen molar-refractivity contribution in [1.29, 1.82) is 0 Å². The van der Waals surface area contributed by atoms with Gasteiger partial charge in [0.1, 0.15) is 6.61 Å². The molecule has 1 rings (SSSR count). The summed E-state index contributed by atoms with van der Waals surface area (Å²) in [5.74, 6) is -0.489. The molecule has 0 aliphatic carbocycles. The minimum atomic E-state index is -0.415. The second-order valence-electron chi connectivity index (χ2n) is 5.97. The van der Waals surface area contributed by atoms with E-state index in [-0.39, 0.29) is 12.5 Å². The Morgan fingerprint density at radius 2 is 1.96 bits per heavy atom. The highest BCUT2D eigenvalue weighted by Gasteiger charge is 2.12. The Hall–Kier alpha value is -2.54. The topological polar surface area (TPSA) is 93.9 Å². The normalized spacial score (nSPS) is 10.3. The summed E-state index contributed by atoms with van der Waals surface area (Å²) in [5.41, 5.74) is 8.26. The Morgan fingerprint density at radius 1 is 1.27 bits per heavy atom. The summed E-state index contributed by atoms with van der Waals surface area (Å²) in [4.78, 5) is 25.4. The number of rotatable bonds is 11. The molecule has 0 aliphatic heterocycles. The first-order chi connectivity index (χ1) is 12.4. The molecule has 0 spiro atoms. The van der Waals surface area contributed by atoms with Gasteiger partial charge in [0.05, 0.1) is 24.5 Å². The first-order valence-corrected chi connectivity index (χ1v) is 8.64. The number of amides is 1. The molecule has 0 aromatic heterocycles. The third kappa shape index (κ3) is 7.14. The van der Waals surface area contributed by atoms with Crippen LogP contribution in [0.5, 0.6) is 0 Å². The highest BCUT2D eigenvalue weighted by molar-refractivity contribution is 5.94. The number of carbonyl (C=O) groups excluding carboxylic acids is 2. The second-order valence-corrected chi connectivity index (χ2v) is 5.97. The van der Waals surface area contributed by atoms with E-state index in [2.05, 4.69) is 11.9 Å². The van der Waals surface area contributed by atoms with Crippen molar-refractivity contribution in [2.45, 2.75) is 26.7 Å². The predicted molar refractivity (Wildman–Crippen MR) is 104 cm³/mol. The molecule has 7 heteroatoms. The standard InChI is InChI=1S/C19H29N3O4/c1-5-6-18(23)21-17-13-15(7-8-16(17)20)22(9-11-25-4)10-12-26-19(24)14(2)3/h7-8,13H,2,5-6,9-12,20H2,1,3-4H3,(H,21,23). The summed E-state index contributed by atoms with van der Waals surface area (Å²) in [6.07, 6.45) is 1.20. The van der Waals surface area contributed by atoms with Gasteiger partial charge in [-0.15, -0.1) is 0 Å². The number of benzene rings is 1. The Balaban J connectivity index is 2.86. The van der Waals surface area contributed by atoms with Gasteiger partial charge in [0.15, 0.2) is 0 Å². The van der Waals surface area contributed by atoms with Crippen molar-refractivity contribution < 1.29 is 19.1 Å². The van der Waals surface area contributed by atoms with Gasteiger partial charge in [-0.25, -0.2) is 4.79 Å². The lowest BCUT2D eigenvalue weighted by Crippen LogP contribution is -2.31. The number of hydrogen-bond donors (Lipinski definition) is 2. The zero-order chi connectivity index (χ0) is 19.5. The lowest BCUT2D eigenvalue weighted by molar-refractivity contribution is -0.138. The molecular weight excluding hydrogens is 334 g/mol. The van der Waals surface area contributed by atoms with Gasteiger partial charge in [0.2, 0.25) is 5.91 Å². The van der Waals surface area contributed by atoms with Gasteiger partial charge in [0.25, 0.3) is 0 Å². The van der Waals surface area contributed by atoms with E-state index in [1.54, 1.807) is 20.1 Å². The summed E-state index contributed by atoms with van der Waals surface area (Å²) < 4.78 is 10.3. The molecule has 0 fully saturated rings. The van der Waals surface area contributed by atoms with Crippen LogP contribution in [0.25, 0.3) is 0 Å². The zero-order valence-corrected chi connectivity index (χ0v) is 15.8. The van der Waals surface area contributed by atoms with E-state index >= 15 is 0 Å². The summed E-state index contributed by atoms with van der Waals surface area (Å²) in [5, 5.41) is 2.83. The quantitative estimate of drug-likeness (QED) is 0.356. The average Bonchev–Trinajstić information content (AvgIpc) is 2.59. The number of nitrogens with two attached hydrogens (primary N) is 1. The molecule has 1 aromatic rings. The van der Waals surface area contributed by atoms with E-state index in [9.17, 15) is 9.59 Å². The van der Waals surface area contributed by atoms with Gasteiger partial charge in [-0.05, 0) is 31.5 Å². The van der Waals surface area contributed by atoms with Crippen molar-refractivity contribution in [2.75, 3.05) is 49.4 Å². The number of methoxy groups -OCH3 is 1. The van der Waals surface area contributed by atoms with Crippen LogP contribution in [0.3, 0.4) is 0 Å². The summed E-state index contributed by atoms with van der Waals surface area (Å²) >= 11 is 0. The monoisotopic (exact) mass is 363 g/mol. The number of anilines is 3. The molecule has 1 amide bonds. The summed E-state index contributed by atoms with van der Waals surface area (Å²) in [7, 11) is 1.62. The van der Waals surface area contributed by atoms with Crippen LogP contribution in [0.15, 0.2) is 30.4 Å². The molecule has 144 valence electrons. The van der Waals surface area contributed by atoms with Crippen LogP contribution in [0.2, 0.25) is 0 Å². The fourth-order valence-electron chi connectivity index (χ4n) is 2.23. The van der Waals surface area contributed by atoms with Gasteiger partial charge >= 0.3 is 5.97 Å². The SMILES string of the molecule is C=C(C)C(=O)OCCN(CCOC)c1ccc(N)c(NC(=O)CCC)c1. The lowest BCUT2D eigenvalue weighted by Gasteiger charge is -2.25. The average molecular weight is 363 g/mol. The molecule has 0 radical (unpaired) electrons. The number of hydrogen-bond acceptors (Lipinski definition) is 6. The second kappa shape index (κ2) is 11.1. The number of carbonyl (C=O) groups is 2. The molecule has 0 unspecified atom stereocenters. The first kappa shape index (κ1) is 21.5. The van der Waals surface area contributed by atoms with Crippen molar-refractivity contribution in [2.24, 2.45) is 0 Å². The highest BCUT2D eigenvalue weighted by Crippen LogP contribution is 2.26.